The average Bonchev–Trinajstić information content (AvgIpc) is 2.86. The summed E-state index contributed by atoms with van der Waals surface area (Å²) in [6.45, 7) is 5.90. The topological polar surface area (TPSA) is 65.0 Å². The Balaban J connectivity index is 1.42. The van der Waals surface area contributed by atoms with Crippen molar-refractivity contribution in [3.05, 3.63) is 71.5 Å². The molecule has 6 nitrogen and oxygen atoms in total. The molecule has 7 heteroatoms. The number of benzene rings is 2. The van der Waals surface area contributed by atoms with Gasteiger partial charge in [0.15, 0.2) is 0 Å². The first kappa shape index (κ1) is 25.3. The number of nitrogens with one attached hydrogen (secondary N) is 1. The Morgan fingerprint density at radius 1 is 1.03 bits per heavy atom. The van der Waals surface area contributed by atoms with Crippen LogP contribution >= 0.6 is 0 Å². The number of carbonyl (C=O) groups excluding carboxylic acids is 1. The van der Waals surface area contributed by atoms with Gasteiger partial charge in [-0.3, -0.25) is 10.0 Å². The summed E-state index contributed by atoms with van der Waals surface area (Å²) in [7, 11) is 1.58. The van der Waals surface area contributed by atoms with Crippen molar-refractivity contribution in [3.8, 4) is 0 Å². The van der Waals surface area contributed by atoms with Crippen molar-refractivity contribution in [1.29, 1.82) is 0 Å². The van der Waals surface area contributed by atoms with Crippen LogP contribution in [0.4, 0.5) is 4.39 Å². The summed E-state index contributed by atoms with van der Waals surface area (Å²) in [5.41, 5.74) is 4.01. The lowest BCUT2D eigenvalue weighted by Crippen LogP contribution is -2.47. The van der Waals surface area contributed by atoms with Gasteiger partial charge in [-0.05, 0) is 62.0 Å². The first-order chi connectivity index (χ1) is 16.1. The van der Waals surface area contributed by atoms with E-state index in [4.69, 9.17) is 4.74 Å². The Morgan fingerprint density at radius 2 is 1.67 bits per heavy atom. The second-order valence-electron chi connectivity index (χ2n) is 8.75. The van der Waals surface area contributed by atoms with E-state index in [9.17, 15) is 14.4 Å². The van der Waals surface area contributed by atoms with Gasteiger partial charge in [-0.25, -0.2) is 9.87 Å². The Hall–Kier alpha value is -2.32. The van der Waals surface area contributed by atoms with Crippen molar-refractivity contribution in [1.82, 2.24) is 15.3 Å². The van der Waals surface area contributed by atoms with E-state index in [0.717, 1.165) is 57.7 Å². The molecule has 0 radical (unpaired) electrons. The van der Waals surface area contributed by atoms with Crippen LogP contribution in [-0.4, -0.2) is 67.3 Å². The minimum atomic E-state index is -0.404. The van der Waals surface area contributed by atoms with Gasteiger partial charge in [0, 0.05) is 39.2 Å². The number of hydrogen-bond donors (Lipinski definition) is 2. The van der Waals surface area contributed by atoms with Crippen LogP contribution in [0.3, 0.4) is 0 Å². The summed E-state index contributed by atoms with van der Waals surface area (Å²) < 4.78 is 18.8. The highest BCUT2D eigenvalue weighted by molar-refractivity contribution is 5.77. The standard InChI is InChI=1S/C26H36FN3O3/c1-33-25(22-9-11-24(27)12-10-22)20-23(26(31)28-32)13-15-30-18-16-29(17-19-30)14-5-8-21-6-3-2-4-7-21/h2-4,6-7,9-12,23,25,32H,5,8,13-20H2,1H3,(H,28,31)/t23-,25+/m0/s1. The first-order valence-electron chi connectivity index (χ1n) is 11.8. The molecular weight excluding hydrogens is 421 g/mol. The van der Waals surface area contributed by atoms with Crippen molar-refractivity contribution in [2.45, 2.75) is 31.8 Å². The molecule has 1 aliphatic rings. The maximum absolute atomic E-state index is 13.3. The van der Waals surface area contributed by atoms with E-state index in [1.165, 1.54) is 17.7 Å². The zero-order valence-electron chi connectivity index (χ0n) is 19.5. The Kier molecular flexibility index (Phi) is 10.3. The van der Waals surface area contributed by atoms with Gasteiger partial charge in [0.25, 0.3) is 0 Å². The lowest BCUT2D eigenvalue weighted by molar-refractivity contribution is -0.135. The number of piperazine rings is 1. The molecule has 2 atom stereocenters. The van der Waals surface area contributed by atoms with E-state index in [1.54, 1.807) is 24.7 Å². The van der Waals surface area contributed by atoms with E-state index < -0.39 is 11.8 Å². The Bertz CT molecular complexity index is 826. The van der Waals surface area contributed by atoms with Crippen LogP contribution in [0.25, 0.3) is 0 Å². The number of ether oxygens (including phenoxy) is 1. The van der Waals surface area contributed by atoms with Crippen molar-refractivity contribution >= 4 is 5.91 Å². The molecule has 0 aromatic heterocycles. The van der Waals surface area contributed by atoms with Crippen LogP contribution < -0.4 is 5.48 Å². The third kappa shape index (κ3) is 8.19. The van der Waals surface area contributed by atoms with Gasteiger partial charge in [0.05, 0.1) is 6.10 Å². The van der Waals surface area contributed by atoms with Gasteiger partial charge in [-0.15, -0.1) is 0 Å². The molecule has 0 unspecified atom stereocenters. The molecule has 0 spiro atoms. The number of nitrogens with zero attached hydrogens (tertiary/aromatic N) is 2. The minimum absolute atomic E-state index is 0.308. The van der Waals surface area contributed by atoms with E-state index >= 15 is 0 Å². The number of rotatable bonds is 12. The number of amides is 1. The highest BCUT2D eigenvalue weighted by atomic mass is 19.1. The van der Waals surface area contributed by atoms with Gasteiger partial charge < -0.3 is 14.5 Å². The monoisotopic (exact) mass is 457 g/mol. The third-order valence-electron chi connectivity index (χ3n) is 6.55. The van der Waals surface area contributed by atoms with E-state index in [0.29, 0.717) is 12.8 Å². The number of hydroxylamine groups is 1. The van der Waals surface area contributed by atoms with Gasteiger partial charge in [-0.2, -0.15) is 0 Å². The fraction of sp³-hybridized carbons (Fsp3) is 0.500. The molecule has 180 valence electrons. The quantitative estimate of drug-likeness (QED) is 0.376. The third-order valence-corrected chi connectivity index (χ3v) is 6.55. The highest BCUT2D eigenvalue weighted by Gasteiger charge is 2.25. The smallest absolute Gasteiger partial charge is 0.246 e. The maximum atomic E-state index is 13.3. The molecule has 1 saturated heterocycles. The first-order valence-corrected chi connectivity index (χ1v) is 11.8. The van der Waals surface area contributed by atoms with Gasteiger partial charge in [0.1, 0.15) is 5.82 Å². The van der Waals surface area contributed by atoms with E-state index in [2.05, 4.69) is 40.1 Å². The average molecular weight is 458 g/mol. The Labute approximate surface area is 196 Å². The molecule has 2 aromatic rings. The number of hydrogen-bond acceptors (Lipinski definition) is 5. The van der Waals surface area contributed by atoms with Crippen molar-refractivity contribution in [2.75, 3.05) is 46.4 Å². The van der Waals surface area contributed by atoms with Gasteiger partial charge in [-0.1, -0.05) is 42.5 Å². The molecule has 1 aliphatic heterocycles. The SMILES string of the molecule is CO[C@H](C[C@H](CCN1CCN(CCCc2ccccc2)CC1)C(=O)NO)c1ccc(F)cc1. The predicted molar refractivity (Wildman–Crippen MR) is 126 cm³/mol. The van der Waals surface area contributed by atoms with Crippen LogP contribution in [0.15, 0.2) is 54.6 Å². The molecule has 3 rings (SSSR count). The lowest BCUT2D eigenvalue weighted by atomic mass is 9.93. The van der Waals surface area contributed by atoms with Crippen molar-refractivity contribution in [3.63, 3.8) is 0 Å². The van der Waals surface area contributed by atoms with Gasteiger partial charge in [0.2, 0.25) is 5.91 Å². The van der Waals surface area contributed by atoms with Gasteiger partial charge >= 0.3 is 0 Å². The molecule has 0 saturated carbocycles. The maximum Gasteiger partial charge on any atom is 0.246 e. The minimum Gasteiger partial charge on any atom is -0.377 e. The summed E-state index contributed by atoms with van der Waals surface area (Å²) in [6, 6.07) is 16.7. The molecule has 0 aliphatic carbocycles. The van der Waals surface area contributed by atoms with E-state index in [1.807, 2.05) is 0 Å². The fourth-order valence-electron chi connectivity index (χ4n) is 4.48. The van der Waals surface area contributed by atoms with Crippen LogP contribution in [0.5, 0.6) is 0 Å². The number of aryl methyl sites for hydroxylation is 1. The molecule has 1 fully saturated rings. The fourth-order valence-corrected chi connectivity index (χ4v) is 4.48. The lowest BCUT2D eigenvalue weighted by Gasteiger charge is -2.35. The largest absolute Gasteiger partial charge is 0.377 e. The van der Waals surface area contributed by atoms with Crippen LogP contribution in [0.2, 0.25) is 0 Å². The number of halogens is 1. The second kappa shape index (κ2) is 13.4. The van der Waals surface area contributed by atoms with Crippen molar-refractivity contribution in [2.24, 2.45) is 5.92 Å². The predicted octanol–water partition coefficient (Wildman–Crippen LogP) is 3.67. The zero-order valence-corrected chi connectivity index (χ0v) is 19.5. The molecule has 2 aromatic carbocycles. The van der Waals surface area contributed by atoms with Crippen LogP contribution in [-0.2, 0) is 16.0 Å². The van der Waals surface area contributed by atoms with E-state index in [-0.39, 0.29) is 11.9 Å². The number of carbonyl (C=O) groups is 1. The van der Waals surface area contributed by atoms with Crippen molar-refractivity contribution < 1.29 is 19.1 Å². The highest BCUT2D eigenvalue weighted by Crippen LogP contribution is 2.27. The molecular formula is C26H36FN3O3. The number of methoxy groups -OCH3 is 1. The molecule has 1 heterocycles. The summed E-state index contributed by atoms with van der Waals surface area (Å²) in [5.74, 6) is -1.11. The molecule has 1 amide bonds. The van der Waals surface area contributed by atoms with Crippen LogP contribution in [0.1, 0.15) is 36.5 Å². The Morgan fingerprint density at radius 3 is 2.27 bits per heavy atom. The molecule has 33 heavy (non-hydrogen) atoms. The summed E-state index contributed by atoms with van der Waals surface area (Å²) >= 11 is 0. The normalized spacial score (nSPS) is 16.9. The molecule has 0 bridgehead atoms. The summed E-state index contributed by atoms with van der Waals surface area (Å²) in [6.07, 6.45) is 2.97. The second-order valence-corrected chi connectivity index (χ2v) is 8.75. The summed E-state index contributed by atoms with van der Waals surface area (Å²) in [5, 5.41) is 9.22. The zero-order chi connectivity index (χ0) is 23.5. The molecule has 2 N–H and O–H groups in total. The summed E-state index contributed by atoms with van der Waals surface area (Å²) in [4.78, 5) is 17.2. The van der Waals surface area contributed by atoms with Crippen LogP contribution in [0, 0.1) is 11.7 Å².